The number of allylic oxidation sites excluding steroid dienone is 2. The molecule has 0 N–H and O–H groups in total. The molecule has 0 saturated carbocycles. The number of carbonyl (C=O) groups excluding carboxylic acids is 1. The highest BCUT2D eigenvalue weighted by molar-refractivity contribution is 7.90. The molecule has 0 bridgehead atoms. The van der Waals surface area contributed by atoms with Crippen molar-refractivity contribution in [1.29, 1.82) is 0 Å². The molecule has 0 amide bonds. The molecule has 1 heterocycles. The van der Waals surface area contributed by atoms with Crippen LogP contribution >= 0.6 is 0 Å². The first-order valence-corrected chi connectivity index (χ1v) is 9.90. The second-order valence-electron chi connectivity index (χ2n) is 5.68. The van der Waals surface area contributed by atoms with Crippen molar-refractivity contribution in [3.8, 4) is 0 Å². The Hall–Kier alpha value is -3.12. The lowest BCUT2D eigenvalue weighted by Gasteiger charge is -2.10. The van der Waals surface area contributed by atoms with Crippen LogP contribution in [0.25, 0.3) is 17.0 Å². The van der Waals surface area contributed by atoms with Crippen molar-refractivity contribution < 1.29 is 17.9 Å². The maximum atomic E-state index is 13.2. The molecule has 0 radical (unpaired) electrons. The van der Waals surface area contributed by atoms with Gasteiger partial charge in [0.2, 0.25) is 0 Å². The van der Waals surface area contributed by atoms with Crippen LogP contribution in [0.4, 0.5) is 0 Å². The Balaban J connectivity index is 2.07. The molecule has 0 aliphatic heterocycles. The molecule has 0 fully saturated rings. The van der Waals surface area contributed by atoms with Gasteiger partial charge in [-0.1, -0.05) is 48.6 Å². The first-order chi connectivity index (χ1) is 13.0. The van der Waals surface area contributed by atoms with Crippen LogP contribution in [0.15, 0.2) is 83.8 Å². The smallest absolute Gasteiger partial charge is 0.330 e. The Morgan fingerprint density at radius 1 is 1.04 bits per heavy atom. The number of hydrogen-bond acceptors (Lipinski definition) is 4. The molecular formula is C21H19NO4S. The molecule has 0 aliphatic carbocycles. The number of carbonyl (C=O) groups is 1. The average molecular weight is 381 g/mol. The molecule has 6 heteroatoms. The fourth-order valence-corrected chi connectivity index (χ4v) is 4.24. The van der Waals surface area contributed by atoms with Gasteiger partial charge in [-0.05, 0) is 37.3 Å². The molecule has 27 heavy (non-hydrogen) atoms. The van der Waals surface area contributed by atoms with Crippen LogP contribution in [0.3, 0.4) is 0 Å². The highest BCUT2D eigenvalue weighted by atomic mass is 32.2. The second-order valence-corrected chi connectivity index (χ2v) is 7.47. The number of rotatable bonds is 6. The fraction of sp³-hybridized carbons (Fsp3) is 0.0952. The van der Waals surface area contributed by atoms with Gasteiger partial charge in [0.25, 0.3) is 10.0 Å². The van der Waals surface area contributed by atoms with Gasteiger partial charge in [-0.25, -0.2) is 17.2 Å². The van der Waals surface area contributed by atoms with Gasteiger partial charge in [-0.2, -0.15) is 0 Å². The SMILES string of the molecule is CCOC(=O)/C=C/C=C/c1cc2ccccc2n1S(=O)(=O)c1ccccc1. The Labute approximate surface area is 158 Å². The van der Waals surface area contributed by atoms with Gasteiger partial charge >= 0.3 is 5.97 Å². The van der Waals surface area contributed by atoms with Gasteiger partial charge < -0.3 is 4.74 Å². The van der Waals surface area contributed by atoms with Crippen LogP contribution in [-0.2, 0) is 19.6 Å². The minimum absolute atomic E-state index is 0.211. The van der Waals surface area contributed by atoms with Crippen LogP contribution < -0.4 is 0 Å². The summed E-state index contributed by atoms with van der Waals surface area (Å²) in [7, 11) is -3.77. The topological polar surface area (TPSA) is 65.4 Å². The van der Waals surface area contributed by atoms with Gasteiger partial charge in [0, 0.05) is 11.5 Å². The molecule has 0 aliphatic rings. The van der Waals surface area contributed by atoms with E-state index in [1.807, 2.05) is 12.1 Å². The molecule has 3 aromatic rings. The molecule has 0 unspecified atom stereocenters. The third kappa shape index (κ3) is 4.01. The predicted molar refractivity (Wildman–Crippen MR) is 106 cm³/mol. The third-order valence-corrected chi connectivity index (χ3v) is 5.63. The lowest BCUT2D eigenvalue weighted by Crippen LogP contribution is -2.14. The normalized spacial score (nSPS) is 12.2. The summed E-state index contributed by atoms with van der Waals surface area (Å²) in [6, 6.07) is 17.4. The first kappa shape index (κ1) is 18.7. The van der Waals surface area contributed by atoms with Gasteiger partial charge in [-0.15, -0.1) is 0 Å². The predicted octanol–water partition coefficient (Wildman–Crippen LogP) is 4.01. The zero-order chi connectivity index (χ0) is 19.3. The van der Waals surface area contributed by atoms with Crippen molar-refractivity contribution in [1.82, 2.24) is 3.97 Å². The Bertz CT molecular complexity index is 1110. The van der Waals surface area contributed by atoms with Crippen molar-refractivity contribution in [2.75, 3.05) is 6.61 Å². The lowest BCUT2D eigenvalue weighted by atomic mass is 10.2. The molecule has 5 nitrogen and oxygen atoms in total. The molecule has 0 spiro atoms. The summed E-state index contributed by atoms with van der Waals surface area (Å²) in [6.45, 7) is 2.03. The number of fused-ring (bicyclic) bond motifs is 1. The van der Waals surface area contributed by atoms with Crippen LogP contribution in [0.5, 0.6) is 0 Å². The Morgan fingerprint density at radius 3 is 2.48 bits per heavy atom. The van der Waals surface area contributed by atoms with Gasteiger partial charge in [0.15, 0.2) is 0 Å². The van der Waals surface area contributed by atoms with Crippen molar-refractivity contribution in [2.24, 2.45) is 0 Å². The number of hydrogen-bond donors (Lipinski definition) is 0. The zero-order valence-corrected chi connectivity index (χ0v) is 15.6. The standard InChI is InChI=1S/C21H19NO4S/c1-2-26-21(23)15-9-7-11-18-16-17-10-6-8-14-20(17)22(18)27(24,25)19-12-4-3-5-13-19/h3-16H,2H2,1H3/b11-7+,15-9+. The highest BCUT2D eigenvalue weighted by Crippen LogP contribution is 2.26. The summed E-state index contributed by atoms with van der Waals surface area (Å²) in [5, 5.41) is 0.811. The van der Waals surface area contributed by atoms with E-state index in [9.17, 15) is 13.2 Å². The first-order valence-electron chi connectivity index (χ1n) is 8.46. The molecule has 3 rings (SSSR count). The maximum absolute atomic E-state index is 13.2. The van der Waals surface area contributed by atoms with Crippen LogP contribution in [-0.4, -0.2) is 25.0 Å². The van der Waals surface area contributed by atoms with E-state index in [2.05, 4.69) is 0 Å². The number of esters is 1. The minimum atomic E-state index is -3.77. The van der Waals surface area contributed by atoms with Crippen molar-refractivity contribution in [3.63, 3.8) is 0 Å². The summed E-state index contributed by atoms with van der Waals surface area (Å²) in [4.78, 5) is 11.6. The Kier molecular flexibility index (Phi) is 5.57. The van der Waals surface area contributed by atoms with Crippen molar-refractivity contribution in [3.05, 3.63) is 84.6 Å². The number of ether oxygens (including phenoxy) is 1. The minimum Gasteiger partial charge on any atom is -0.463 e. The quantitative estimate of drug-likeness (QED) is 0.368. The van der Waals surface area contributed by atoms with E-state index in [1.54, 1.807) is 67.6 Å². The monoisotopic (exact) mass is 381 g/mol. The zero-order valence-electron chi connectivity index (χ0n) is 14.8. The molecule has 138 valence electrons. The summed E-state index contributed by atoms with van der Waals surface area (Å²) >= 11 is 0. The van der Waals surface area contributed by atoms with E-state index in [1.165, 1.54) is 16.1 Å². The summed E-state index contributed by atoms with van der Waals surface area (Å²) in [5.74, 6) is -0.445. The molecule has 0 saturated heterocycles. The Morgan fingerprint density at radius 2 is 1.74 bits per heavy atom. The van der Waals surface area contributed by atoms with Gasteiger partial charge in [0.1, 0.15) is 0 Å². The van der Waals surface area contributed by atoms with Crippen molar-refractivity contribution >= 4 is 33.0 Å². The van der Waals surface area contributed by atoms with E-state index in [-0.39, 0.29) is 4.90 Å². The van der Waals surface area contributed by atoms with E-state index >= 15 is 0 Å². The molecule has 0 atom stereocenters. The fourth-order valence-electron chi connectivity index (χ4n) is 2.71. The largest absolute Gasteiger partial charge is 0.463 e. The number of para-hydroxylation sites is 1. The van der Waals surface area contributed by atoms with E-state index < -0.39 is 16.0 Å². The van der Waals surface area contributed by atoms with Crippen LogP contribution in [0, 0.1) is 0 Å². The second kappa shape index (κ2) is 8.05. The third-order valence-electron chi connectivity index (χ3n) is 3.87. The summed E-state index contributed by atoms with van der Waals surface area (Å²) < 4.78 is 32.5. The van der Waals surface area contributed by atoms with E-state index in [0.717, 1.165) is 5.39 Å². The van der Waals surface area contributed by atoms with Crippen molar-refractivity contribution in [2.45, 2.75) is 11.8 Å². The van der Waals surface area contributed by atoms with E-state index in [4.69, 9.17) is 4.74 Å². The molecule has 1 aromatic heterocycles. The van der Waals surface area contributed by atoms with Gasteiger partial charge in [-0.3, -0.25) is 0 Å². The summed E-state index contributed by atoms with van der Waals surface area (Å²) in [5.41, 5.74) is 1.09. The molecular weight excluding hydrogens is 362 g/mol. The number of nitrogens with zero attached hydrogens (tertiary/aromatic N) is 1. The van der Waals surface area contributed by atoms with E-state index in [0.29, 0.717) is 17.8 Å². The average Bonchev–Trinajstić information content (AvgIpc) is 3.05. The highest BCUT2D eigenvalue weighted by Gasteiger charge is 2.21. The molecule has 2 aromatic carbocycles. The van der Waals surface area contributed by atoms with Crippen LogP contribution in [0.1, 0.15) is 12.6 Å². The lowest BCUT2D eigenvalue weighted by molar-refractivity contribution is -0.137. The number of aromatic nitrogens is 1. The van der Waals surface area contributed by atoms with Gasteiger partial charge in [0.05, 0.1) is 22.7 Å². The maximum Gasteiger partial charge on any atom is 0.330 e. The van der Waals surface area contributed by atoms with Crippen LogP contribution in [0.2, 0.25) is 0 Å². The summed E-state index contributed by atoms with van der Waals surface area (Å²) in [6.07, 6.45) is 6.08. The number of benzene rings is 2.